The van der Waals surface area contributed by atoms with Crippen molar-refractivity contribution in [2.45, 2.75) is 25.9 Å². The van der Waals surface area contributed by atoms with Gasteiger partial charge < -0.3 is 14.2 Å². The molecule has 4 N–H and O–H groups in total. The molecule has 1 heterocycles. The molecule has 0 atom stereocenters. The molecule has 16 nitrogen and oxygen atoms in total. The average molecular weight is 885 g/mol. The molecule has 316 valence electrons. The van der Waals surface area contributed by atoms with Crippen molar-refractivity contribution in [3.05, 3.63) is 118 Å². The Balaban J connectivity index is 0.000000389. The lowest BCUT2D eigenvalue weighted by molar-refractivity contribution is -0.151. The number of para-hydroxylation sites is 2. The number of aromatic nitrogens is 1. The van der Waals surface area contributed by atoms with Gasteiger partial charge in [-0.25, -0.2) is 20.3 Å². The lowest BCUT2D eigenvalue weighted by atomic mass is 10.1. The van der Waals surface area contributed by atoms with Crippen LogP contribution in [0.4, 0.5) is 13.2 Å². The molecule has 1 aromatic heterocycles. The van der Waals surface area contributed by atoms with Crippen LogP contribution in [0.15, 0.2) is 102 Å². The first kappa shape index (κ1) is 50.2. The quantitative estimate of drug-likeness (QED) is 0.0481. The second-order valence-corrected chi connectivity index (χ2v) is 12.2. The Bertz CT molecular complexity index is 1750. The molecule has 0 aliphatic carbocycles. The number of halogens is 4. The number of rotatable bonds is 20. The summed E-state index contributed by atoms with van der Waals surface area (Å²) in [5.41, 5.74) is 1.27. The standard InChI is InChI=1S/C10H10F3NO3.C10H14N2O2.C9H10BrNO3.C9H11NO3/c11-10(12,13)8-3-1-2-4-9(8)17-6-5-14(16)7-15;1-9-4-2-6-11-10(9)5-3-7-12(14)8-13;10-8-2-1-3-9(6-8)14-5-4-11(13)7-12;11-8-10(12)6-7-13-9-4-2-1-3-5-9/h1-4,7,16H,5-6H2;2,4,6,8,14H,3,5,7H2,1H3;1-3,6-7,13H,4-5H2;1-5,8,12H,6-7H2. The van der Waals surface area contributed by atoms with Gasteiger partial charge >= 0.3 is 6.18 Å². The molecular weight excluding hydrogens is 839 g/mol. The molecule has 3 aromatic carbocycles. The van der Waals surface area contributed by atoms with E-state index in [0.29, 0.717) is 53.1 Å². The van der Waals surface area contributed by atoms with Crippen molar-refractivity contribution in [2.75, 3.05) is 46.0 Å². The zero-order chi connectivity index (χ0) is 43.2. The number of ether oxygens (including phenoxy) is 3. The average Bonchev–Trinajstić information content (AvgIpc) is 3.22. The maximum atomic E-state index is 12.5. The lowest BCUT2D eigenvalue weighted by Gasteiger charge is -2.14. The third-order valence-electron chi connectivity index (χ3n) is 6.89. The highest BCUT2D eigenvalue weighted by Gasteiger charge is 2.34. The zero-order valence-electron chi connectivity index (χ0n) is 31.3. The number of carbonyl (C=O) groups excluding carboxylic acids is 4. The highest BCUT2D eigenvalue weighted by molar-refractivity contribution is 9.10. The van der Waals surface area contributed by atoms with Gasteiger partial charge in [0.15, 0.2) is 0 Å². The van der Waals surface area contributed by atoms with Crippen LogP contribution in [0.3, 0.4) is 0 Å². The van der Waals surface area contributed by atoms with Crippen LogP contribution in [-0.4, -0.2) is 118 Å². The van der Waals surface area contributed by atoms with Gasteiger partial charge in [0.05, 0.1) is 25.2 Å². The van der Waals surface area contributed by atoms with Gasteiger partial charge in [-0.15, -0.1) is 0 Å². The molecule has 0 aliphatic heterocycles. The SMILES string of the molecule is Cc1cccnc1CCCN(O)C=O.O=CN(O)CCOc1cccc(Br)c1.O=CN(O)CCOc1ccccc1.O=CN(O)CCOc1ccccc1C(F)(F)F. The molecule has 0 unspecified atom stereocenters. The van der Waals surface area contributed by atoms with E-state index >= 15 is 0 Å². The van der Waals surface area contributed by atoms with Gasteiger partial charge in [-0.1, -0.05) is 58.4 Å². The van der Waals surface area contributed by atoms with E-state index in [9.17, 15) is 32.3 Å². The summed E-state index contributed by atoms with van der Waals surface area (Å²) in [7, 11) is 0. The number of aryl methyl sites for hydroxylation is 2. The van der Waals surface area contributed by atoms with Gasteiger partial charge in [-0.3, -0.25) is 45.0 Å². The zero-order valence-corrected chi connectivity index (χ0v) is 32.9. The molecular formula is C38H45BrF3N5O11. The Hall–Kier alpha value is -5.80. The minimum absolute atomic E-state index is 0.138. The van der Waals surface area contributed by atoms with E-state index in [0.717, 1.165) is 34.0 Å². The normalized spacial score (nSPS) is 10.0. The van der Waals surface area contributed by atoms with Crippen LogP contribution >= 0.6 is 15.9 Å². The Labute approximate surface area is 341 Å². The number of carbonyl (C=O) groups is 4. The number of nitrogens with zero attached hydrogens (tertiary/aromatic N) is 5. The monoisotopic (exact) mass is 883 g/mol. The Morgan fingerprint density at radius 1 is 0.638 bits per heavy atom. The number of alkyl halides is 3. The van der Waals surface area contributed by atoms with Crippen LogP contribution in [0.25, 0.3) is 0 Å². The second-order valence-electron chi connectivity index (χ2n) is 11.3. The van der Waals surface area contributed by atoms with Crippen molar-refractivity contribution in [1.29, 1.82) is 0 Å². The Morgan fingerprint density at radius 2 is 1.14 bits per heavy atom. The fourth-order valence-corrected chi connectivity index (χ4v) is 4.44. The van der Waals surface area contributed by atoms with Crippen molar-refractivity contribution in [3.8, 4) is 17.2 Å². The van der Waals surface area contributed by atoms with E-state index in [4.69, 9.17) is 35.0 Å². The smallest absolute Gasteiger partial charge is 0.419 e. The third-order valence-corrected chi connectivity index (χ3v) is 7.39. The molecule has 0 radical (unpaired) electrons. The summed E-state index contributed by atoms with van der Waals surface area (Å²) in [6.07, 6.45) is -0.0352. The van der Waals surface area contributed by atoms with E-state index < -0.39 is 11.7 Å². The van der Waals surface area contributed by atoms with E-state index in [2.05, 4.69) is 20.9 Å². The van der Waals surface area contributed by atoms with Crippen LogP contribution in [-0.2, 0) is 31.8 Å². The topological polar surface area (TPSA) is 203 Å². The highest BCUT2D eigenvalue weighted by atomic mass is 79.9. The lowest BCUT2D eigenvalue weighted by Crippen LogP contribution is -2.23. The van der Waals surface area contributed by atoms with Gasteiger partial charge in [-0.2, -0.15) is 13.2 Å². The first-order valence-corrected chi connectivity index (χ1v) is 17.9. The fraction of sp³-hybridized carbons (Fsp3) is 0.289. The fourth-order valence-electron chi connectivity index (χ4n) is 4.06. The van der Waals surface area contributed by atoms with Gasteiger partial charge in [0.2, 0.25) is 25.6 Å². The molecule has 58 heavy (non-hydrogen) atoms. The van der Waals surface area contributed by atoms with Crippen molar-refractivity contribution in [2.24, 2.45) is 0 Å². The maximum Gasteiger partial charge on any atom is 0.419 e. The summed E-state index contributed by atoms with van der Waals surface area (Å²) in [4.78, 5) is 44.3. The summed E-state index contributed by atoms with van der Waals surface area (Å²) in [5, 5.41) is 37.1. The largest absolute Gasteiger partial charge is 0.492 e. The van der Waals surface area contributed by atoms with Gasteiger partial charge in [0.25, 0.3) is 0 Å². The minimum atomic E-state index is -4.50. The van der Waals surface area contributed by atoms with E-state index in [1.54, 1.807) is 12.3 Å². The summed E-state index contributed by atoms with van der Waals surface area (Å²) < 4.78 is 53.8. The van der Waals surface area contributed by atoms with Crippen molar-refractivity contribution in [1.82, 2.24) is 25.2 Å². The van der Waals surface area contributed by atoms with E-state index in [1.165, 1.54) is 18.2 Å². The van der Waals surface area contributed by atoms with E-state index in [1.807, 2.05) is 67.6 Å². The van der Waals surface area contributed by atoms with Gasteiger partial charge in [0, 0.05) is 22.9 Å². The third kappa shape index (κ3) is 23.3. The summed E-state index contributed by atoms with van der Waals surface area (Å²) >= 11 is 3.30. The number of pyridine rings is 1. The Kier molecular flexibility index (Phi) is 25.5. The van der Waals surface area contributed by atoms with Crippen LogP contribution < -0.4 is 14.2 Å². The van der Waals surface area contributed by atoms with Crippen molar-refractivity contribution >= 4 is 41.6 Å². The minimum Gasteiger partial charge on any atom is -0.492 e. The van der Waals surface area contributed by atoms with Gasteiger partial charge in [-0.05, 0) is 73.9 Å². The van der Waals surface area contributed by atoms with Crippen LogP contribution in [0, 0.1) is 6.92 Å². The first-order valence-electron chi connectivity index (χ1n) is 17.1. The molecule has 0 aliphatic rings. The first-order chi connectivity index (χ1) is 27.7. The number of amides is 4. The molecule has 0 spiro atoms. The predicted octanol–water partition coefficient (Wildman–Crippen LogP) is 5.69. The van der Waals surface area contributed by atoms with Crippen LogP contribution in [0.5, 0.6) is 17.2 Å². The second kappa shape index (κ2) is 29.4. The number of benzene rings is 3. The molecule has 0 saturated heterocycles. The number of hydroxylamine groups is 8. The van der Waals surface area contributed by atoms with E-state index in [-0.39, 0.29) is 56.7 Å². The van der Waals surface area contributed by atoms with Gasteiger partial charge in [0.1, 0.15) is 37.1 Å². The predicted molar refractivity (Wildman–Crippen MR) is 204 cm³/mol. The Morgan fingerprint density at radius 3 is 1.67 bits per heavy atom. The molecule has 0 fully saturated rings. The van der Waals surface area contributed by atoms with Crippen LogP contribution in [0.2, 0.25) is 0 Å². The maximum absolute atomic E-state index is 12.5. The summed E-state index contributed by atoms with van der Waals surface area (Å²) in [6.45, 7) is 2.75. The molecule has 20 heteroatoms. The molecule has 0 saturated carbocycles. The van der Waals surface area contributed by atoms with Crippen molar-refractivity contribution in [3.63, 3.8) is 0 Å². The molecule has 4 amide bonds. The summed E-state index contributed by atoms with van der Waals surface area (Å²) in [6, 6.07) is 25.2. The number of hydrogen-bond acceptors (Lipinski definition) is 12. The van der Waals surface area contributed by atoms with Crippen molar-refractivity contribution < 1.29 is 67.4 Å². The van der Waals surface area contributed by atoms with Crippen LogP contribution in [0.1, 0.15) is 23.2 Å². The number of hydrogen-bond donors (Lipinski definition) is 4. The molecule has 4 aromatic rings. The summed E-state index contributed by atoms with van der Waals surface area (Å²) in [5.74, 6) is 1.08. The highest BCUT2D eigenvalue weighted by Crippen LogP contribution is 2.35. The molecule has 4 rings (SSSR count). The molecule has 0 bridgehead atoms.